The Morgan fingerprint density at radius 3 is 2.44 bits per heavy atom. The van der Waals surface area contributed by atoms with Gasteiger partial charge in [-0.25, -0.2) is 0 Å². The van der Waals surface area contributed by atoms with Gasteiger partial charge in [0.1, 0.15) is 0 Å². The second-order valence-electron chi connectivity index (χ2n) is 4.29. The van der Waals surface area contributed by atoms with Crippen LogP contribution in [0.3, 0.4) is 0 Å². The van der Waals surface area contributed by atoms with Crippen LogP contribution in [-0.2, 0) is 0 Å². The fraction of sp³-hybridized carbons (Fsp3) is 1.00. The van der Waals surface area contributed by atoms with Crippen LogP contribution in [0.25, 0.3) is 0 Å². The molecule has 0 atom stereocenters. The lowest BCUT2D eigenvalue weighted by molar-refractivity contribution is 0.474. The first kappa shape index (κ1) is 5.76. The molecule has 0 aromatic heterocycles. The fourth-order valence-corrected chi connectivity index (χ4v) is 1.42. The highest BCUT2D eigenvalue weighted by atomic mass is 14.4. The van der Waals surface area contributed by atoms with Gasteiger partial charge in [-0.15, -0.1) is 0 Å². The summed E-state index contributed by atoms with van der Waals surface area (Å²) in [5, 5.41) is 0. The quantitative estimate of drug-likeness (QED) is 0.542. The molecule has 2 rings (SSSR count). The average molecular weight is 124 g/mol. The molecule has 2 aliphatic rings. The van der Waals surface area contributed by atoms with Crippen molar-refractivity contribution >= 4 is 0 Å². The molecule has 0 unspecified atom stereocenters. The van der Waals surface area contributed by atoms with Gasteiger partial charge in [0, 0.05) is 0 Å². The maximum Gasteiger partial charge on any atom is -0.0325 e. The zero-order valence-corrected chi connectivity index (χ0v) is 6.32. The number of hydrogen-bond acceptors (Lipinski definition) is 0. The molecule has 0 aromatic carbocycles. The van der Waals surface area contributed by atoms with Gasteiger partial charge < -0.3 is 0 Å². The Balaban J connectivity index is 1.65. The van der Waals surface area contributed by atoms with Crippen LogP contribution in [-0.4, -0.2) is 0 Å². The average Bonchev–Trinajstić information content (AvgIpc) is 2.58. The summed E-state index contributed by atoms with van der Waals surface area (Å²) in [5.41, 5.74) is 0.822. The van der Waals surface area contributed by atoms with Gasteiger partial charge in [0.25, 0.3) is 0 Å². The zero-order chi connectivity index (χ0) is 6.32. The second kappa shape index (κ2) is 1.74. The van der Waals surface area contributed by atoms with Crippen LogP contribution in [0, 0.1) is 11.3 Å². The molecule has 52 valence electrons. The third-order valence-electron chi connectivity index (χ3n) is 2.96. The molecule has 2 aliphatic carbocycles. The van der Waals surface area contributed by atoms with E-state index < -0.39 is 0 Å². The summed E-state index contributed by atoms with van der Waals surface area (Å²) in [6.45, 7) is 2.44. The summed E-state index contributed by atoms with van der Waals surface area (Å²) in [4.78, 5) is 0. The van der Waals surface area contributed by atoms with Crippen molar-refractivity contribution in [1.29, 1.82) is 0 Å². The van der Waals surface area contributed by atoms with Gasteiger partial charge in [0.05, 0.1) is 0 Å². The van der Waals surface area contributed by atoms with Crippen molar-refractivity contribution in [2.24, 2.45) is 11.3 Å². The van der Waals surface area contributed by atoms with Crippen LogP contribution in [0.4, 0.5) is 0 Å². The van der Waals surface area contributed by atoms with E-state index in [0.717, 1.165) is 11.3 Å². The Bertz CT molecular complexity index is 107. The molecular weight excluding hydrogens is 108 g/mol. The van der Waals surface area contributed by atoms with E-state index in [4.69, 9.17) is 0 Å². The van der Waals surface area contributed by atoms with E-state index >= 15 is 0 Å². The molecule has 0 N–H and O–H groups in total. The standard InChI is InChI=1S/C9H16/c1-9(6-7-9)5-4-8-2-3-8/h8H,2-7H2,1H3. The first-order valence-corrected chi connectivity index (χ1v) is 4.29. The lowest BCUT2D eigenvalue weighted by Gasteiger charge is -2.04. The molecule has 0 aromatic rings. The molecule has 0 radical (unpaired) electrons. The predicted octanol–water partition coefficient (Wildman–Crippen LogP) is 2.98. The van der Waals surface area contributed by atoms with Crippen LogP contribution in [0.5, 0.6) is 0 Å². The van der Waals surface area contributed by atoms with Gasteiger partial charge in [-0.1, -0.05) is 19.8 Å². The molecule has 0 nitrogen and oxygen atoms in total. The van der Waals surface area contributed by atoms with Crippen molar-refractivity contribution in [2.45, 2.75) is 45.4 Å². The summed E-state index contributed by atoms with van der Waals surface area (Å²) >= 11 is 0. The van der Waals surface area contributed by atoms with Gasteiger partial charge in [0.15, 0.2) is 0 Å². The highest BCUT2D eigenvalue weighted by Gasteiger charge is 2.38. The SMILES string of the molecule is CC1(CCC2CC2)CC1. The minimum atomic E-state index is 0.822. The van der Waals surface area contributed by atoms with Crippen molar-refractivity contribution in [3.8, 4) is 0 Å². The van der Waals surface area contributed by atoms with Crippen molar-refractivity contribution in [2.75, 3.05) is 0 Å². The normalized spacial score (nSPS) is 30.3. The van der Waals surface area contributed by atoms with E-state index in [2.05, 4.69) is 6.92 Å². The summed E-state index contributed by atoms with van der Waals surface area (Å²) < 4.78 is 0. The largest absolute Gasteiger partial charge is 0.0596 e. The predicted molar refractivity (Wildman–Crippen MR) is 39.3 cm³/mol. The monoisotopic (exact) mass is 124 g/mol. The Morgan fingerprint density at radius 2 is 2.00 bits per heavy atom. The van der Waals surface area contributed by atoms with Crippen molar-refractivity contribution in [3.05, 3.63) is 0 Å². The third-order valence-corrected chi connectivity index (χ3v) is 2.96. The maximum absolute atomic E-state index is 2.44. The van der Waals surface area contributed by atoms with Crippen LogP contribution in [0.1, 0.15) is 45.4 Å². The molecular formula is C9H16. The van der Waals surface area contributed by atoms with E-state index in [9.17, 15) is 0 Å². The van der Waals surface area contributed by atoms with Crippen LogP contribution in [0.2, 0.25) is 0 Å². The molecule has 0 amide bonds. The Kier molecular flexibility index (Phi) is 1.12. The number of rotatable bonds is 3. The van der Waals surface area contributed by atoms with E-state index in [-0.39, 0.29) is 0 Å². The molecule has 2 fully saturated rings. The number of hydrogen-bond donors (Lipinski definition) is 0. The molecule has 9 heavy (non-hydrogen) atoms. The van der Waals surface area contributed by atoms with Crippen molar-refractivity contribution < 1.29 is 0 Å². The van der Waals surface area contributed by atoms with Gasteiger partial charge >= 0.3 is 0 Å². The van der Waals surface area contributed by atoms with Crippen LogP contribution in [0.15, 0.2) is 0 Å². The summed E-state index contributed by atoms with van der Waals surface area (Å²) in [7, 11) is 0. The van der Waals surface area contributed by atoms with Crippen LogP contribution >= 0.6 is 0 Å². The Hall–Kier alpha value is 0. The molecule has 0 heterocycles. The third kappa shape index (κ3) is 1.47. The van der Waals surface area contributed by atoms with Gasteiger partial charge in [0.2, 0.25) is 0 Å². The second-order valence-corrected chi connectivity index (χ2v) is 4.29. The van der Waals surface area contributed by atoms with Gasteiger partial charge in [-0.3, -0.25) is 0 Å². The molecule has 0 spiro atoms. The van der Waals surface area contributed by atoms with E-state index in [0.29, 0.717) is 0 Å². The van der Waals surface area contributed by atoms with E-state index in [1.807, 2.05) is 0 Å². The lowest BCUT2D eigenvalue weighted by Crippen LogP contribution is -1.92. The fourth-order valence-electron chi connectivity index (χ4n) is 1.42. The van der Waals surface area contributed by atoms with E-state index in [1.54, 1.807) is 0 Å². The molecule has 0 aliphatic heterocycles. The highest BCUT2D eigenvalue weighted by Crippen LogP contribution is 2.51. The smallest absolute Gasteiger partial charge is 0.0325 e. The Morgan fingerprint density at radius 1 is 1.33 bits per heavy atom. The molecule has 0 saturated heterocycles. The van der Waals surface area contributed by atoms with Crippen molar-refractivity contribution in [1.82, 2.24) is 0 Å². The van der Waals surface area contributed by atoms with Crippen LogP contribution < -0.4 is 0 Å². The topological polar surface area (TPSA) is 0 Å². The molecule has 0 heteroatoms. The lowest BCUT2D eigenvalue weighted by atomic mass is 10.0. The molecule has 0 bridgehead atoms. The summed E-state index contributed by atoms with van der Waals surface area (Å²) in [6.07, 6.45) is 9.17. The first-order valence-electron chi connectivity index (χ1n) is 4.29. The maximum atomic E-state index is 2.44. The van der Waals surface area contributed by atoms with E-state index in [1.165, 1.54) is 38.5 Å². The first-order chi connectivity index (χ1) is 4.29. The minimum Gasteiger partial charge on any atom is -0.0596 e. The summed E-state index contributed by atoms with van der Waals surface area (Å²) in [5.74, 6) is 1.16. The summed E-state index contributed by atoms with van der Waals surface area (Å²) in [6, 6.07) is 0. The Labute approximate surface area is 57.6 Å². The van der Waals surface area contributed by atoms with Gasteiger partial charge in [-0.05, 0) is 37.0 Å². The van der Waals surface area contributed by atoms with Gasteiger partial charge in [-0.2, -0.15) is 0 Å². The van der Waals surface area contributed by atoms with Crippen molar-refractivity contribution in [3.63, 3.8) is 0 Å². The highest BCUT2D eigenvalue weighted by molar-refractivity contribution is 4.89. The minimum absolute atomic E-state index is 0.822. The zero-order valence-electron chi connectivity index (χ0n) is 6.32. The molecule has 2 saturated carbocycles.